The predicted molar refractivity (Wildman–Crippen MR) is 62.4 cm³/mol. The zero-order chi connectivity index (χ0) is 16.2. The van der Waals surface area contributed by atoms with E-state index in [1.54, 1.807) is 0 Å². The third-order valence-corrected chi connectivity index (χ3v) is 2.64. The lowest BCUT2D eigenvalue weighted by atomic mass is 9.99. The monoisotopic (exact) mass is 310 g/mol. The molecule has 1 aliphatic heterocycles. The van der Waals surface area contributed by atoms with Gasteiger partial charge in [0.2, 0.25) is 6.36 Å². The third-order valence-electron chi connectivity index (χ3n) is 2.64. The molecular weight excluding hydrogens is 294 g/mol. The topological polar surface area (TPSA) is 88.1 Å². The number of carbonyl (C=O) groups is 3. The maximum atomic E-state index is 13.9. The first-order chi connectivity index (χ1) is 9.76. The Labute approximate surface area is 119 Å². The van der Waals surface area contributed by atoms with Gasteiger partial charge < -0.3 is 18.9 Å². The van der Waals surface area contributed by atoms with Crippen molar-refractivity contribution in [2.24, 2.45) is 0 Å². The fourth-order valence-electron chi connectivity index (χ4n) is 1.97. The minimum atomic E-state index is -2.22. The smallest absolute Gasteiger partial charge is 0.303 e. The molecule has 1 rings (SSSR count). The molecule has 0 aromatic rings. The first kappa shape index (κ1) is 17.3. The SMILES string of the molecule is CC(=O)O[C@@H]1[C@@H](OC(C)=O)[C@@H](F)O[C@H](CF)[C@H]1OC(C)=O. The van der Waals surface area contributed by atoms with E-state index in [4.69, 9.17) is 14.2 Å². The molecule has 0 saturated carbocycles. The van der Waals surface area contributed by atoms with Crippen molar-refractivity contribution in [3.63, 3.8) is 0 Å². The van der Waals surface area contributed by atoms with Crippen LogP contribution in [0.1, 0.15) is 20.8 Å². The van der Waals surface area contributed by atoms with Crippen LogP contribution < -0.4 is 0 Å². The molecule has 0 bridgehead atoms. The molecule has 0 aromatic carbocycles. The zero-order valence-corrected chi connectivity index (χ0v) is 11.7. The van der Waals surface area contributed by atoms with Crippen LogP contribution in [0.25, 0.3) is 0 Å². The number of alkyl halides is 2. The molecule has 0 amide bonds. The van der Waals surface area contributed by atoms with Crippen LogP contribution in [0.5, 0.6) is 0 Å². The molecule has 0 spiro atoms. The minimum Gasteiger partial charge on any atom is -0.456 e. The van der Waals surface area contributed by atoms with E-state index in [9.17, 15) is 23.2 Å². The van der Waals surface area contributed by atoms with Crippen molar-refractivity contribution in [3.05, 3.63) is 0 Å². The molecule has 5 atom stereocenters. The summed E-state index contributed by atoms with van der Waals surface area (Å²) >= 11 is 0. The fourth-order valence-corrected chi connectivity index (χ4v) is 1.97. The van der Waals surface area contributed by atoms with E-state index in [0.29, 0.717) is 0 Å². The van der Waals surface area contributed by atoms with E-state index in [2.05, 4.69) is 4.74 Å². The number of halogens is 2. The van der Waals surface area contributed by atoms with E-state index in [0.717, 1.165) is 20.8 Å². The molecule has 0 unspecified atom stereocenters. The van der Waals surface area contributed by atoms with E-state index in [-0.39, 0.29) is 0 Å². The average Bonchev–Trinajstić information content (AvgIpc) is 2.35. The highest BCUT2D eigenvalue weighted by atomic mass is 19.1. The summed E-state index contributed by atoms with van der Waals surface area (Å²) in [5, 5.41) is 0. The largest absolute Gasteiger partial charge is 0.456 e. The van der Waals surface area contributed by atoms with E-state index < -0.39 is 55.4 Å². The van der Waals surface area contributed by atoms with Gasteiger partial charge in [-0.15, -0.1) is 0 Å². The number of ether oxygens (including phenoxy) is 4. The van der Waals surface area contributed by atoms with Gasteiger partial charge in [0.15, 0.2) is 18.3 Å². The molecule has 0 N–H and O–H groups in total. The van der Waals surface area contributed by atoms with Crippen molar-refractivity contribution in [2.75, 3.05) is 6.67 Å². The second-order valence-electron chi connectivity index (χ2n) is 4.40. The standard InChI is InChI=1S/C12H16F2O7/c1-5(15)18-9-8(4-13)21-12(14)11(20-7(3)17)10(9)19-6(2)16/h8-12H,4H2,1-3H3/t8-,9-,10+,11-,12+/m1/s1. The summed E-state index contributed by atoms with van der Waals surface area (Å²) in [6.45, 7) is 1.91. The molecule has 7 nitrogen and oxygen atoms in total. The third kappa shape index (κ3) is 4.62. The van der Waals surface area contributed by atoms with Gasteiger partial charge in [0.1, 0.15) is 12.8 Å². The highest BCUT2D eigenvalue weighted by Crippen LogP contribution is 2.29. The Hall–Kier alpha value is -1.77. The highest BCUT2D eigenvalue weighted by molar-refractivity contribution is 5.68. The first-order valence-electron chi connectivity index (χ1n) is 6.13. The molecular formula is C12H16F2O7. The molecule has 120 valence electrons. The Balaban J connectivity index is 3.08. The maximum absolute atomic E-state index is 13.9. The van der Waals surface area contributed by atoms with Gasteiger partial charge in [-0.1, -0.05) is 0 Å². The highest BCUT2D eigenvalue weighted by Gasteiger charge is 2.52. The van der Waals surface area contributed by atoms with Gasteiger partial charge >= 0.3 is 17.9 Å². The Morgan fingerprint density at radius 3 is 1.76 bits per heavy atom. The van der Waals surface area contributed by atoms with Gasteiger partial charge in [-0.05, 0) is 0 Å². The van der Waals surface area contributed by atoms with Gasteiger partial charge in [-0.25, -0.2) is 8.78 Å². The molecule has 1 aliphatic rings. The Morgan fingerprint density at radius 2 is 1.33 bits per heavy atom. The van der Waals surface area contributed by atoms with Crippen LogP contribution >= 0.6 is 0 Å². The maximum Gasteiger partial charge on any atom is 0.303 e. The van der Waals surface area contributed by atoms with Crippen LogP contribution in [0.4, 0.5) is 8.78 Å². The van der Waals surface area contributed by atoms with Crippen LogP contribution in [0, 0.1) is 0 Å². The lowest BCUT2D eigenvalue weighted by Crippen LogP contribution is -2.60. The summed E-state index contributed by atoms with van der Waals surface area (Å²) < 4.78 is 45.8. The van der Waals surface area contributed by atoms with Crippen molar-refractivity contribution < 1.29 is 42.1 Å². The van der Waals surface area contributed by atoms with Crippen molar-refractivity contribution in [3.8, 4) is 0 Å². The van der Waals surface area contributed by atoms with E-state index >= 15 is 0 Å². The van der Waals surface area contributed by atoms with Crippen molar-refractivity contribution in [2.45, 2.75) is 51.5 Å². The number of rotatable bonds is 4. The summed E-state index contributed by atoms with van der Waals surface area (Å²) in [7, 11) is 0. The van der Waals surface area contributed by atoms with Crippen LogP contribution in [-0.2, 0) is 33.3 Å². The predicted octanol–water partition coefficient (Wildman–Crippen LogP) is 0.445. The van der Waals surface area contributed by atoms with Gasteiger partial charge in [-0.3, -0.25) is 14.4 Å². The molecule has 0 aromatic heterocycles. The lowest BCUT2D eigenvalue weighted by molar-refractivity contribution is -0.273. The quantitative estimate of drug-likeness (QED) is 0.550. The van der Waals surface area contributed by atoms with Gasteiger partial charge in [-0.2, -0.15) is 0 Å². The van der Waals surface area contributed by atoms with Crippen LogP contribution in [0.2, 0.25) is 0 Å². The van der Waals surface area contributed by atoms with Crippen LogP contribution in [0.15, 0.2) is 0 Å². The Morgan fingerprint density at radius 1 is 0.905 bits per heavy atom. The van der Waals surface area contributed by atoms with E-state index in [1.807, 2.05) is 0 Å². The second-order valence-corrected chi connectivity index (χ2v) is 4.40. The van der Waals surface area contributed by atoms with Crippen molar-refractivity contribution in [1.29, 1.82) is 0 Å². The van der Waals surface area contributed by atoms with Crippen molar-refractivity contribution in [1.82, 2.24) is 0 Å². The average molecular weight is 310 g/mol. The number of carbonyl (C=O) groups excluding carboxylic acids is 3. The van der Waals surface area contributed by atoms with E-state index in [1.165, 1.54) is 0 Å². The second kappa shape index (κ2) is 7.30. The summed E-state index contributed by atoms with van der Waals surface area (Å²) in [6, 6.07) is 0. The van der Waals surface area contributed by atoms with Gasteiger partial charge in [0, 0.05) is 20.8 Å². The van der Waals surface area contributed by atoms with Crippen LogP contribution in [-0.4, -0.2) is 55.4 Å². The Bertz CT molecular complexity index is 414. The molecule has 1 heterocycles. The minimum absolute atomic E-state index is 0.807. The summed E-state index contributed by atoms with van der Waals surface area (Å²) in [4.78, 5) is 33.2. The van der Waals surface area contributed by atoms with Gasteiger partial charge in [0.25, 0.3) is 0 Å². The summed E-state index contributed by atoms with van der Waals surface area (Å²) in [5.41, 5.74) is 0. The molecule has 21 heavy (non-hydrogen) atoms. The fraction of sp³-hybridized carbons (Fsp3) is 0.750. The summed E-state index contributed by atoms with van der Waals surface area (Å²) in [5.74, 6) is -2.50. The molecule has 1 fully saturated rings. The number of hydrogen-bond acceptors (Lipinski definition) is 7. The molecule has 9 heteroatoms. The molecule has 1 saturated heterocycles. The number of esters is 3. The first-order valence-corrected chi connectivity index (χ1v) is 6.13. The Kier molecular flexibility index (Phi) is 6.01. The molecule has 0 radical (unpaired) electrons. The van der Waals surface area contributed by atoms with Crippen molar-refractivity contribution >= 4 is 17.9 Å². The molecule has 0 aliphatic carbocycles. The zero-order valence-electron chi connectivity index (χ0n) is 11.7. The lowest BCUT2D eigenvalue weighted by Gasteiger charge is -2.41. The normalized spacial score (nSPS) is 32.1. The van der Waals surface area contributed by atoms with Crippen LogP contribution in [0.3, 0.4) is 0 Å². The van der Waals surface area contributed by atoms with Gasteiger partial charge in [0.05, 0.1) is 0 Å². The summed E-state index contributed by atoms with van der Waals surface area (Å²) in [6.07, 6.45) is -8.27. The number of hydrogen-bond donors (Lipinski definition) is 0.